The average molecular weight is 257 g/mol. The van der Waals surface area contributed by atoms with Crippen LogP contribution in [-0.2, 0) is 0 Å². The number of unbranched alkanes of at least 4 members (excludes halogenated alkanes) is 2. The van der Waals surface area contributed by atoms with Crippen molar-refractivity contribution in [3.05, 3.63) is 34.9 Å². The van der Waals surface area contributed by atoms with Crippen LogP contribution in [-0.4, -0.2) is 24.2 Å². The van der Waals surface area contributed by atoms with E-state index in [1.165, 1.54) is 13.0 Å². The molecule has 0 aliphatic rings. The van der Waals surface area contributed by atoms with Gasteiger partial charge < -0.3 is 10.4 Å². The van der Waals surface area contributed by atoms with E-state index in [9.17, 15) is 13.6 Å². The Morgan fingerprint density at radius 3 is 2.61 bits per heavy atom. The molecule has 5 heteroatoms. The number of halogens is 2. The molecular formula is C13H17F2NO2. The molecule has 0 fully saturated rings. The minimum Gasteiger partial charge on any atom is -0.396 e. The quantitative estimate of drug-likeness (QED) is 0.767. The molecule has 1 aromatic rings. The monoisotopic (exact) mass is 257 g/mol. The summed E-state index contributed by atoms with van der Waals surface area (Å²) in [6, 6.07) is 1.92. The first-order valence-electron chi connectivity index (χ1n) is 5.91. The van der Waals surface area contributed by atoms with Crippen molar-refractivity contribution in [2.75, 3.05) is 13.2 Å². The minimum absolute atomic E-state index is 0.125. The number of aliphatic hydroxyl groups is 1. The second-order valence-electron chi connectivity index (χ2n) is 4.12. The minimum atomic E-state index is -0.856. The zero-order chi connectivity index (χ0) is 13.5. The lowest BCUT2D eigenvalue weighted by Crippen LogP contribution is -2.25. The number of carbonyl (C=O) groups is 1. The van der Waals surface area contributed by atoms with Crippen LogP contribution in [0.15, 0.2) is 12.1 Å². The van der Waals surface area contributed by atoms with Gasteiger partial charge in [0.05, 0.1) is 5.56 Å². The second kappa shape index (κ2) is 7.06. The highest BCUT2D eigenvalue weighted by Crippen LogP contribution is 2.14. The number of rotatable bonds is 6. The molecule has 1 rings (SSSR count). The normalized spacial score (nSPS) is 10.4. The lowest BCUT2D eigenvalue weighted by Gasteiger charge is -2.07. The molecule has 1 amide bonds. The molecule has 0 aromatic heterocycles. The SMILES string of the molecule is Cc1cc(C(=O)NCCCCCO)c(F)cc1F. The van der Waals surface area contributed by atoms with Crippen LogP contribution < -0.4 is 5.32 Å². The molecule has 0 saturated carbocycles. The van der Waals surface area contributed by atoms with Gasteiger partial charge in [0.1, 0.15) is 11.6 Å². The Balaban J connectivity index is 2.54. The highest BCUT2D eigenvalue weighted by molar-refractivity contribution is 5.94. The van der Waals surface area contributed by atoms with Gasteiger partial charge in [0.25, 0.3) is 5.91 Å². The third-order valence-corrected chi connectivity index (χ3v) is 2.61. The maximum atomic E-state index is 13.4. The Morgan fingerprint density at radius 1 is 1.22 bits per heavy atom. The molecule has 0 aliphatic heterocycles. The average Bonchev–Trinajstić information content (AvgIpc) is 2.33. The van der Waals surface area contributed by atoms with E-state index in [0.29, 0.717) is 19.4 Å². The molecule has 0 bridgehead atoms. The van der Waals surface area contributed by atoms with Gasteiger partial charge in [-0.05, 0) is 37.8 Å². The van der Waals surface area contributed by atoms with Gasteiger partial charge in [-0.25, -0.2) is 8.78 Å². The first-order valence-corrected chi connectivity index (χ1v) is 5.91. The largest absolute Gasteiger partial charge is 0.396 e. The van der Waals surface area contributed by atoms with Crippen LogP contribution in [0.25, 0.3) is 0 Å². The summed E-state index contributed by atoms with van der Waals surface area (Å²) in [6.07, 6.45) is 2.19. The standard InChI is InChI=1S/C13H17F2NO2/c1-9-7-10(12(15)8-11(9)14)13(18)16-5-3-2-4-6-17/h7-8,17H,2-6H2,1H3,(H,16,18). The molecule has 0 spiro atoms. The van der Waals surface area contributed by atoms with Crippen molar-refractivity contribution in [2.45, 2.75) is 26.2 Å². The predicted molar refractivity (Wildman–Crippen MR) is 64.4 cm³/mol. The smallest absolute Gasteiger partial charge is 0.254 e. The highest BCUT2D eigenvalue weighted by Gasteiger charge is 2.13. The number of carbonyl (C=O) groups excluding carboxylic acids is 1. The van der Waals surface area contributed by atoms with Gasteiger partial charge in [-0.2, -0.15) is 0 Å². The van der Waals surface area contributed by atoms with Gasteiger partial charge in [-0.3, -0.25) is 4.79 Å². The van der Waals surface area contributed by atoms with E-state index >= 15 is 0 Å². The summed E-state index contributed by atoms with van der Waals surface area (Å²) < 4.78 is 26.4. The zero-order valence-electron chi connectivity index (χ0n) is 10.3. The van der Waals surface area contributed by atoms with Crippen LogP contribution in [0.4, 0.5) is 8.78 Å². The molecule has 0 atom stereocenters. The van der Waals surface area contributed by atoms with Crippen LogP contribution in [0.1, 0.15) is 35.2 Å². The summed E-state index contributed by atoms with van der Waals surface area (Å²) in [5, 5.41) is 11.1. The van der Waals surface area contributed by atoms with Gasteiger partial charge in [-0.1, -0.05) is 0 Å². The summed E-state index contributed by atoms with van der Waals surface area (Å²) in [7, 11) is 0. The van der Waals surface area contributed by atoms with Crippen molar-refractivity contribution in [1.82, 2.24) is 5.32 Å². The Kier molecular flexibility index (Phi) is 5.71. The van der Waals surface area contributed by atoms with Crippen molar-refractivity contribution < 1.29 is 18.7 Å². The van der Waals surface area contributed by atoms with Gasteiger partial charge >= 0.3 is 0 Å². The van der Waals surface area contributed by atoms with Gasteiger partial charge in [0, 0.05) is 19.2 Å². The summed E-state index contributed by atoms with van der Waals surface area (Å²) in [5.41, 5.74) is 0.0953. The summed E-state index contributed by atoms with van der Waals surface area (Å²) in [5.74, 6) is -2.06. The Hall–Kier alpha value is -1.49. The number of aryl methyl sites for hydroxylation is 1. The van der Waals surface area contributed by atoms with Crippen LogP contribution in [0.3, 0.4) is 0 Å². The maximum Gasteiger partial charge on any atom is 0.254 e. The number of aliphatic hydroxyl groups excluding tert-OH is 1. The third kappa shape index (κ3) is 4.07. The molecule has 0 radical (unpaired) electrons. The van der Waals surface area contributed by atoms with E-state index in [0.717, 1.165) is 12.5 Å². The fourth-order valence-corrected chi connectivity index (χ4v) is 1.54. The summed E-state index contributed by atoms with van der Waals surface area (Å²) in [4.78, 5) is 11.6. The van der Waals surface area contributed by atoms with Crippen molar-refractivity contribution >= 4 is 5.91 Å². The number of hydrogen-bond acceptors (Lipinski definition) is 2. The Morgan fingerprint density at radius 2 is 1.94 bits per heavy atom. The predicted octanol–water partition coefficient (Wildman–Crippen LogP) is 2.17. The Bertz CT molecular complexity index is 422. The van der Waals surface area contributed by atoms with Crippen molar-refractivity contribution in [3.8, 4) is 0 Å². The number of hydrogen-bond donors (Lipinski definition) is 2. The summed E-state index contributed by atoms with van der Waals surface area (Å²) in [6.45, 7) is 2.02. The molecule has 0 unspecified atom stereocenters. The number of amides is 1. The van der Waals surface area contributed by atoms with E-state index in [1.807, 2.05) is 0 Å². The van der Waals surface area contributed by atoms with E-state index in [2.05, 4.69) is 5.32 Å². The topological polar surface area (TPSA) is 49.3 Å². The van der Waals surface area contributed by atoms with Crippen LogP contribution >= 0.6 is 0 Å². The lowest BCUT2D eigenvalue weighted by molar-refractivity contribution is 0.0948. The third-order valence-electron chi connectivity index (χ3n) is 2.61. The van der Waals surface area contributed by atoms with Gasteiger partial charge in [0.2, 0.25) is 0 Å². The molecular weight excluding hydrogens is 240 g/mol. The summed E-state index contributed by atoms with van der Waals surface area (Å²) >= 11 is 0. The molecule has 100 valence electrons. The fourth-order valence-electron chi connectivity index (χ4n) is 1.54. The van der Waals surface area contributed by atoms with Crippen LogP contribution in [0, 0.1) is 18.6 Å². The zero-order valence-corrected chi connectivity index (χ0v) is 10.3. The van der Waals surface area contributed by atoms with E-state index < -0.39 is 17.5 Å². The van der Waals surface area contributed by atoms with Crippen molar-refractivity contribution in [2.24, 2.45) is 0 Å². The van der Waals surface area contributed by atoms with Crippen molar-refractivity contribution in [1.29, 1.82) is 0 Å². The van der Waals surface area contributed by atoms with Crippen LogP contribution in [0.2, 0.25) is 0 Å². The van der Waals surface area contributed by atoms with E-state index in [4.69, 9.17) is 5.11 Å². The number of benzene rings is 1. The molecule has 0 heterocycles. The molecule has 18 heavy (non-hydrogen) atoms. The maximum absolute atomic E-state index is 13.4. The second-order valence-corrected chi connectivity index (χ2v) is 4.12. The van der Waals surface area contributed by atoms with Gasteiger partial charge in [-0.15, -0.1) is 0 Å². The molecule has 0 saturated heterocycles. The van der Waals surface area contributed by atoms with E-state index in [-0.39, 0.29) is 17.7 Å². The van der Waals surface area contributed by atoms with E-state index in [1.54, 1.807) is 0 Å². The number of nitrogens with one attached hydrogen (secondary N) is 1. The first kappa shape index (κ1) is 14.6. The van der Waals surface area contributed by atoms with Crippen LogP contribution in [0.5, 0.6) is 0 Å². The lowest BCUT2D eigenvalue weighted by atomic mass is 10.1. The first-order chi connectivity index (χ1) is 8.56. The van der Waals surface area contributed by atoms with Gasteiger partial charge in [0.15, 0.2) is 0 Å². The van der Waals surface area contributed by atoms with Crippen molar-refractivity contribution in [3.63, 3.8) is 0 Å². The Labute approximate surface area is 105 Å². The fraction of sp³-hybridized carbons (Fsp3) is 0.462. The highest BCUT2D eigenvalue weighted by atomic mass is 19.1. The molecule has 2 N–H and O–H groups in total. The molecule has 3 nitrogen and oxygen atoms in total. The molecule has 1 aromatic carbocycles. The molecule has 0 aliphatic carbocycles.